The molecule has 2 atom stereocenters. The smallest absolute Gasteiger partial charge is 0.0490 e. The summed E-state index contributed by atoms with van der Waals surface area (Å²) < 4.78 is 0. The topological polar surface area (TPSA) is 3.01 Å². The molecule has 76 valence electrons. The van der Waals surface area contributed by atoms with Crippen molar-refractivity contribution in [3.8, 4) is 0 Å². The molecule has 0 aromatic rings. The van der Waals surface area contributed by atoms with Crippen LogP contribution in [0.5, 0.6) is 0 Å². The van der Waals surface area contributed by atoms with Gasteiger partial charge in [-0.15, -0.1) is 0 Å². The summed E-state index contributed by atoms with van der Waals surface area (Å²) in [5, 5.41) is 3.46. The molecule has 14 heavy (non-hydrogen) atoms. The Morgan fingerprint density at radius 2 is 2.21 bits per heavy atom. The fraction of sp³-hybridized carbons (Fsp3) is 0.500. The third-order valence-electron chi connectivity index (χ3n) is 2.89. The van der Waals surface area contributed by atoms with Crippen LogP contribution in [0.25, 0.3) is 0 Å². The Morgan fingerprint density at radius 1 is 1.50 bits per heavy atom. The molecule has 0 bridgehead atoms. The summed E-state index contributed by atoms with van der Waals surface area (Å²) >= 11 is 5.60. The van der Waals surface area contributed by atoms with E-state index in [0.717, 1.165) is 11.1 Å². The van der Waals surface area contributed by atoms with E-state index in [9.17, 15) is 0 Å². The summed E-state index contributed by atoms with van der Waals surface area (Å²) in [7, 11) is 2.18. The first-order valence-electron chi connectivity index (χ1n) is 5.22. The van der Waals surface area contributed by atoms with E-state index in [4.69, 9.17) is 11.6 Å². The monoisotopic (exact) mass is 209 g/mol. The average Bonchev–Trinajstić information content (AvgIpc) is 2.79. The number of nitrogens with zero attached hydrogens (tertiary/aromatic N) is 1. The van der Waals surface area contributed by atoms with E-state index in [1.807, 2.05) is 12.1 Å². The van der Waals surface area contributed by atoms with Crippen LogP contribution in [0.2, 0.25) is 5.02 Å². The third-order valence-corrected chi connectivity index (χ3v) is 3.20. The van der Waals surface area contributed by atoms with Crippen LogP contribution in [0.4, 0.5) is 0 Å². The predicted molar refractivity (Wildman–Crippen MR) is 60.5 cm³/mol. The zero-order chi connectivity index (χ0) is 10.1. The maximum Gasteiger partial charge on any atom is 0.0490 e. The van der Waals surface area contributed by atoms with Crippen LogP contribution in [0, 0.1) is 10.4 Å². The highest BCUT2D eigenvalue weighted by Crippen LogP contribution is 2.20. The molecule has 1 saturated heterocycles. The molecule has 3 aliphatic rings. The van der Waals surface area contributed by atoms with Crippen molar-refractivity contribution in [1.82, 2.24) is 4.90 Å². The molecule has 2 heteroatoms. The SMILES string of the molecule is CCCC1CN1C.Clc1cc2ccc1=2. The first kappa shape index (κ1) is 10.0. The van der Waals surface area contributed by atoms with Crippen LogP contribution < -0.4 is 0 Å². The molecule has 0 saturated carbocycles. The Bertz CT molecular complexity index is 413. The maximum absolute atomic E-state index is 5.60. The van der Waals surface area contributed by atoms with Crippen LogP contribution in [0.1, 0.15) is 19.8 Å². The molecular formula is C12H16ClN. The van der Waals surface area contributed by atoms with Gasteiger partial charge in [-0.1, -0.05) is 37.1 Å². The lowest BCUT2D eigenvalue weighted by atomic mass is 10.1. The number of halogens is 1. The first-order chi connectivity index (χ1) is 6.72. The largest absolute Gasteiger partial charge is 0.301 e. The van der Waals surface area contributed by atoms with Crippen LogP contribution in [0.15, 0.2) is 18.2 Å². The Balaban J connectivity index is 0.000000107. The molecule has 0 amide bonds. The predicted octanol–water partition coefficient (Wildman–Crippen LogP) is 3.04. The molecule has 0 aromatic heterocycles. The van der Waals surface area contributed by atoms with Gasteiger partial charge in [-0.3, -0.25) is 0 Å². The molecule has 0 radical (unpaired) electrons. The van der Waals surface area contributed by atoms with E-state index in [-0.39, 0.29) is 0 Å². The summed E-state index contributed by atoms with van der Waals surface area (Å²) in [6.45, 7) is 3.58. The summed E-state index contributed by atoms with van der Waals surface area (Å²) in [6, 6.07) is 7.00. The van der Waals surface area contributed by atoms with Crippen molar-refractivity contribution in [3.05, 3.63) is 33.7 Å². The van der Waals surface area contributed by atoms with Gasteiger partial charge in [0, 0.05) is 22.8 Å². The molecule has 0 aromatic carbocycles. The van der Waals surface area contributed by atoms with Crippen molar-refractivity contribution in [3.63, 3.8) is 0 Å². The van der Waals surface area contributed by atoms with Gasteiger partial charge >= 0.3 is 0 Å². The molecule has 0 spiro atoms. The second-order valence-corrected chi connectivity index (χ2v) is 4.48. The summed E-state index contributed by atoms with van der Waals surface area (Å²) in [4.78, 5) is 2.38. The highest BCUT2D eigenvalue weighted by Gasteiger charge is 2.27. The van der Waals surface area contributed by atoms with Crippen LogP contribution in [-0.2, 0) is 0 Å². The van der Waals surface area contributed by atoms with Gasteiger partial charge in [0.2, 0.25) is 0 Å². The van der Waals surface area contributed by atoms with Crippen LogP contribution in [-0.4, -0.2) is 24.5 Å². The maximum atomic E-state index is 5.60. The third kappa shape index (κ3) is 1.94. The minimum absolute atomic E-state index is 0.914. The van der Waals surface area contributed by atoms with Gasteiger partial charge in [0.1, 0.15) is 0 Å². The van der Waals surface area contributed by atoms with E-state index >= 15 is 0 Å². The fourth-order valence-corrected chi connectivity index (χ4v) is 1.96. The number of hydrogen-bond donors (Lipinski definition) is 0. The van der Waals surface area contributed by atoms with Crippen molar-refractivity contribution in [2.45, 2.75) is 25.8 Å². The second kappa shape index (κ2) is 3.92. The van der Waals surface area contributed by atoms with Crippen LogP contribution in [0.3, 0.4) is 0 Å². The number of rotatable bonds is 2. The van der Waals surface area contributed by atoms with E-state index in [1.54, 1.807) is 0 Å². The zero-order valence-electron chi connectivity index (χ0n) is 8.76. The summed E-state index contributed by atoms with van der Waals surface area (Å²) in [5.74, 6) is 0. The summed E-state index contributed by atoms with van der Waals surface area (Å²) in [5.41, 5.74) is 0. The molecule has 1 fully saturated rings. The molecule has 1 nitrogen and oxygen atoms in total. The molecule has 0 N–H and O–H groups in total. The van der Waals surface area contributed by atoms with Gasteiger partial charge in [-0.2, -0.15) is 0 Å². The van der Waals surface area contributed by atoms with Crippen LogP contribution >= 0.6 is 11.6 Å². The minimum Gasteiger partial charge on any atom is -0.301 e. The Labute approximate surface area is 90.0 Å². The van der Waals surface area contributed by atoms with Gasteiger partial charge in [0.15, 0.2) is 0 Å². The highest BCUT2D eigenvalue weighted by molar-refractivity contribution is 6.31. The molecule has 2 aliphatic carbocycles. The minimum atomic E-state index is 0.914. The lowest BCUT2D eigenvalue weighted by molar-refractivity contribution is 0.581. The summed E-state index contributed by atoms with van der Waals surface area (Å²) in [6.07, 6.45) is 2.74. The average molecular weight is 210 g/mol. The molecular weight excluding hydrogens is 194 g/mol. The normalized spacial score (nSPS) is 25.1. The van der Waals surface area contributed by atoms with Crippen molar-refractivity contribution in [2.24, 2.45) is 0 Å². The second-order valence-electron chi connectivity index (χ2n) is 4.08. The van der Waals surface area contributed by atoms with Gasteiger partial charge in [-0.05, 0) is 24.8 Å². The standard InChI is InChI=1S/C6H3Cl.C6H13N/c7-6-3-4-1-2-5(4)6;1-3-4-6-5-7(6)2/h1-3H;6H,3-5H2,1-2H3. The quantitative estimate of drug-likeness (QED) is 0.688. The first-order valence-corrected chi connectivity index (χ1v) is 5.60. The Kier molecular flexibility index (Phi) is 2.80. The molecule has 1 heterocycles. The van der Waals surface area contributed by atoms with Gasteiger partial charge in [0.05, 0.1) is 0 Å². The van der Waals surface area contributed by atoms with E-state index in [1.165, 1.54) is 29.8 Å². The van der Waals surface area contributed by atoms with Gasteiger partial charge in [-0.25, -0.2) is 0 Å². The van der Waals surface area contributed by atoms with Crippen molar-refractivity contribution >= 4 is 11.6 Å². The lowest BCUT2D eigenvalue weighted by Gasteiger charge is -2.01. The van der Waals surface area contributed by atoms with E-state index in [0.29, 0.717) is 0 Å². The number of likely N-dealkylation sites (N-methyl/N-ethyl adjacent to an activating group) is 1. The van der Waals surface area contributed by atoms with E-state index < -0.39 is 0 Å². The molecule has 3 rings (SSSR count). The van der Waals surface area contributed by atoms with Crippen molar-refractivity contribution < 1.29 is 0 Å². The molecule has 2 unspecified atom stereocenters. The van der Waals surface area contributed by atoms with Crippen molar-refractivity contribution in [1.29, 1.82) is 0 Å². The number of hydrogen-bond acceptors (Lipinski definition) is 1. The van der Waals surface area contributed by atoms with Gasteiger partial charge in [0.25, 0.3) is 0 Å². The van der Waals surface area contributed by atoms with Crippen molar-refractivity contribution in [2.75, 3.05) is 13.6 Å². The lowest BCUT2D eigenvalue weighted by Crippen LogP contribution is -1.91. The fourth-order valence-electron chi connectivity index (χ4n) is 1.67. The number of benzene rings is 1. The zero-order valence-corrected chi connectivity index (χ0v) is 9.51. The Hall–Kier alpha value is -0.530. The van der Waals surface area contributed by atoms with E-state index in [2.05, 4.69) is 24.9 Å². The van der Waals surface area contributed by atoms with Gasteiger partial charge < -0.3 is 4.90 Å². The Morgan fingerprint density at radius 3 is 2.29 bits per heavy atom. The highest BCUT2D eigenvalue weighted by atomic mass is 35.5. The molecule has 1 aliphatic heterocycles.